The van der Waals surface area contributed by atoms with Gasteiger partial charge in [0.25, 0.3) is 0 Å². The number of nitrogens with zero attached hydrogens (tertiary/aromatic N) is 3. The van der Waals surface area contributed by atoms with Crippen molar-refractivity contribution in [2.24, 2.45) is 11.8 Å². The number of likely N-dealkylation sites (tertiary alicyclic amines) is 1. The Kier molecular flexibility index (Phi) is 12.6. The molecular weight excluding hydrogens is 763 g/mol. The van der Waals surface area contributed by atoms with Gasteiger partial charge in [0.1, 0.15) is 0 Å². The number of aliphatic hydroxyl groups is 1. The Labute approximate surface area is 334 Å². The molecule has 1 saturated heterocycles. The minimum absolute atomic E-state index is 0.0200. The number of hydrogen-bond acceptors (Lipinski definition) is 10. The monoisotopic (exact) mass is 806 g/mol. The van der Waals surface area contributed by atoms with Crippen LogP contribution >= 0.6 is 6.60 Å². The quantitative estimate of drug-likeness (QED) is 0.0460. The first-order valence-corrected chi connectivity index (χ1v) is 21.1. The first-order valence-electron chi connectivity index (χ1n) is 18.6. The number of benzene rings is 5. The number of carbonyl (C=O) groups excluding carboxylic acids is 3. The number of nitro groups is 2. The van der Waals surface area contributed by atoms with Gasteiger partial charge in [-0.3, -0.25) is 10.1 Å². The third-order valence-corrected chi connectivity index (χ3v) is 17.0. The molecule has 15 heteroatoms. The predicted octanol–water partition coefficient (Wildman–Crippen LogP) is 6.40. The van der Waals surface area contributed by atoms with Crippen LogP contribution in [0.4, 0.5) is 21.0 Å². The maximum atomic E-state index is 15.7. The number of carbonyl (C=O) groups is 3. The van der Waals surface area contributed by atoms with Gasteiger partial charge in [-0.15, -0.1) is 0 Å². The van der Waals surface area contributed by atoms with Crippen LogP contribution in [0.3, 0.4) is 0 Å². The van der Waals surface area contributed by atoms with E-state index in [9.17, 15) is 34.9 Å². The van der Waals surface area contributed by atoms with Gasteiger partial charge in [-0.05, 0) is 0 Å². The summed E-state index contributed by atoms with van der Waals surface area (Å²) in [5.74, 6) is -1.42. The van der Waals surface area contributed by atoms with E-state index in [1.807, 2.05) is 91.0 Å². The number of amides is 2. The van der Waals surface area contributed by atoms with Crippen LogP contribution < -0.4 is 21.2 Å². The molecule has 0 aromatic heterocycles. The zero-order valence-electron chi connectivity index (χ0n) is 31.7. The zero-order chi connectivity index (χ0) is 41.3. The van der Waals surface area contributed by atoms with Gasteiger partial charge in [-0.2, -0.15) is 0 Å². The fourth-order valence-electron chi connectivity index (χ4n) is 7.98. The molecule has 2 amide bonds. The molecule has 58 heavy (non-hydrogen) atoms. The number of alkyl carbamates (subject to hydrolysis) is 1. The van der Waals surface area contributed by atoms with Crippen molar-refractivity contribution >= 4 is 51.6 Å². The summed E-state index contributed by atoms with van der Waals surface area (Å²) in [5, 5.41) is 38.3. The molecule has 0 bridgehead atoms. The summed E-state index contributed by atoms with van der Waals surface area (Å²) in [7, 11) is 0. The van der Waals surface area contributed by atoms with Gasteiger partial charge in [0.2, 0.25) is 0 Å². The van der Waals surface area contributed by atoms with Gasteiger partial charge >= 0.3 is 302 Å². The van der Waals surface area contributed by atoms with Crippen LogP contribution in [0.5, 0.6) is 0 Å². The molecule has 300 valence electrons. The second-order valence-corrected chi connectivity index (χ2v) is 18.9. The van der Waals surface area contributed by atoms with E-state index < -0.39 is 52.7 Å². The van der Waals surface area contributed by atoms with Crippen LogP contribution in [-0.4, -0.2) is 63.0 Å². The van der Waals surface area contributed by atoms with Crippen molar-refractivity contribution in [2.45, 2.75) is 32.6 Å². The Morgan fingerprint density at radius 2 is 1.16 bits per heavy atom. The van der Waals surface area contributed by atoms with Crippen LogP contribution in [0.25, 0.3) is 0 Å². The molecule has 0 saturated carbocycles. The molecule has 0 aliphatic carbocycles. The third-order valence-electron chi connectivity index (χ3n) is 10.9. The summed E-state index contributed by atoms with van der Waals surface area (Å²) in [6.45, 7) is -3.87. The van der Waals surface area contributed by atoms with Crippen molar-refractivity contribution < 1.29 is 38.8 Å². The number of nitro benzene ring substituents is 2. The van der Waals surface area contributed by atoms with E-state index in [-0.39, 0.29) is 60.9 Å². The van der Waals surface area contributed by atoms with Crippen molar-refractivity contribution in [1.29, 1.82) is 0 Å². The molecule has 0 radical (unpaired) electrons. The van der Waals surface area contributed by atoms with Crippen molar-refractivity contribution in [3.63, 3.8) is 0 Å². The Morgan fingerprint density at radius 3 is 1.60 bits per heavy atom. The van der Waals surface area contributed by atoms with E-state index >= 15 is 4.79 Å². The summed E-state index contributed by atoms with van der Waals surface area (Å²) >= 11 is 0. The molecule has 5 aromatic carbocycles. The molecule has 1 heterocycles. The topological polar surface area (TPSA) is 191 Å². The van der Waals surface area contributed by atoms with Crippen LogP contribution in [0, 0.1) is 32.1 Å². The molecule has 0 spiro atoms. The predicted molar refractivity (Wildman–Crippen MR) is 220 cm³/mol. The second kappa shape index (κ2) is 17.7. The van der Waals surface area contributed by atoms with Gasteiger partial charge < -0.3 is 0 Å². The summed E-state index contributed by atoms with van der Waals surface area (Å²) in [6.07, 6.45) is -0.794. The molecule has 1 fully saturated rings. The second-order valence-electron chi connectivity index (χ2n) is 14.1. The molecule has 3 unspecified atom stereocenters. The van der Waals surface area contributed by atoms with Gasteiger partial charge in [-0.25, -0.2) is 0 Å². The zero-order valence-corrected chi connectivity index (χ0v) is 32.6. The van der Waals surface area contributed by atoms with Crippen LogP contribution in [0.2, 0.25) is 0 Å². The maximum absolute atomic E-state index is 15.7. The minimum atomic E-state index is -4.68. The average Bonchev–Trinajstić information content (AvgIpc) is 3.26. The SMILES string of the molecule is CC(CO)C1C(CCNC(=O)OCc2ccccc2[N+](=O)[O-])C(=O)N1CP(C(=O)OCc1ccccc1[N+](=O)[O-])(c1ccccc1)(c1ccccc1)c1ccccc1. The van der Waals surface area contributed by atoms with Crippen LogP contribution in [0.15, 0.2) is 140 Å². The van der Waals surface area contributed by atoms with Crippen molar-refractivity contribution in [1.82, 2.24) is 10.2 Å². The Balaban J connectivity index is 1.37. The summed E-state index contributed by atoms with van der Waals surface area (Å²) < 4.78 is 11.6. The molecule has 3 atom stereocenters. The molecule has 1 aliphatic rings. The van der Waals surface area contributed by atoms with E-state index in [4.69, 9.17) is 9.47 Å². The Hall–Kier alpha value is -6.50. The van der Waals surface area contributed by atoms with E-state index in [2.05, 4.69) is 5.32 Å². The number of nitrogens with one attached hydrogen (secondary N) is 1. The third kappa shape index (κ3) is 7.63. The molecule has 2 N–H and O–H groups in total. The Bertz CT molecular complexity index is 2180. The van der Waals surface area contributed by atoms with Gasteiger partial charge in [0.05, 0.1) is 4.92 Å². The molecular formula is C43H43N4O10P. The number of hydrogen-bond donors (Lipinski definition) is 2. The summed E-state index contributed by atoms with van der Waals surface area (Å²) in [6, 6.07) is 38.8. The number of ether oxygens (including phenoxy) is 2. The fraction of sp³-hybridized carbons (Fsp3) is 0.233. The van der Waals surface area contributed by atoms with E-state index in [0.29, 0.717) is 15.9 Å². The van der Waals surface area contributed by atoms with Crippen molar-refractivity contribution in [3.8, 4) is 0 Å². The molecule has 1 aliphatic heterocycles. The normalized spacial score (nSPS) is 16.2. The molecule has 6 rings (SSSR count). The summed E-state index contributed by atoms with van der Waals surface area (Å²) in [4.78, 5) is 66.8. The number of β-lactam (4-membered cyclic amide) rings is 1. The number of rotatable bonds is 17. The fourth-order valence-corrected chi connectivity index (χ4v) is 13.9. The van der Waals surface area contributed by atoms with Gasteiger partial charge in [-0.1, -0.05) is 12.1 Å². The summed E-state index contributed by atoms with van der Waals surface area (Å²) in [5.41, 5.74) is -0.609. The number of para-hydroxylation sites is 2. The van der Waals surface area contributed by atoms with Crippen LogP contribution in [-0.2, 0) is 27.5 Å². The standard InChI is InChI=1S/C43H43N4O10P/c1-31(27-48)40-37(25-26-44-42(50)56-28-32-15-11-13-23-38(32)46(52)53)41(49)45(40)30-58(34-17-5-2-6-18-34,35-19-7-3-8-20-35,36-21-9-4-10-22-36)43(51)57-29-33-16-12-14-24-39(33)47(54)55/h2-24,31,37,40,48H,25-30H2,1H3,(H,44,50). The molecule has 5 aromatic rings. The van der Waals surface area contributed by atoms with E-state index in [0.717, 1.165) is 0 Å². The van der Waals surface area contributed by atoms with Crippen LogP contribution in [0.1, 0.15) is 24.5 Å². The van der Waals surface area contributed by atoms with Crippen molar-refractivity contribution in [3.05, 3.63) is 171 Å². The van der Waals surface area contributed by atoms with E-state index in [1.165, 1.54) is 36.4 Å². The first-order chi connectivity index (χ1) is 28.0. The molecule has 14 nitrogen and oxygen atoms in total. The van der Waals surface area contributed by atoms with E-state index in [1.54, 1.807) is 24.0 Å². The average molecular weight is 807 g/mol. The van der Waals surface area contributed by atoms with Gasteiger partial charge in [0, 0.05) is 6.07 Å². The number of aliphatic hydroxyl groups excluding tert-OH is 1. The first kappa shape index (κ1) is 41.1. The van der Waals surface area contributed by atoms with Crippen molar-refractivity contribution in [2.75, 3.05) is 19.4 Å². The Morgan fingerprint density at radius 1 is 0.724 bits per heavy atom. The van der Waals surface area contributed by atoms with Gasteiger partial charge in [0.15, 0.2) is 0 Å².